The van der Waals surface area contributed by atoms with Gasteiger partial charge in [-0.1, -0.05) is 80.1 Å². The van der Waals surface area contributed by atoms with E-state index in [-0.39, 0.29) is 22.9 Å². The zero-order chi connectivity index (χ0) is 25.9. The van der Waals surface area contributed by atoms with E-state index in [2.05, 4.69) is 6.92 Å². The van der Waals surface area contributed by atoms with Crippen LogP contribution in [0.15, 0.2) is 84.9 Å². The van der Waals surface area contributed by atoms with Crippen molar-refractivity contribution in [3.05, 3.63) is 124 Å². The maximum absolute atomic E-state index is 13.9. The first-order chi connectivity index (χ1) is 18.0. The van der Waals surface area contributed by atoms with Crippen LogP contribution in [-0.4, -0.2) is 11.6 Å². The molecule has 1 aliphatic carbocycles. The summed E-state index contributed by atoms with van der Waals surface area (Å²) in [6, 6.07) is 25.7. The first-order valence-corrected chi connectivity index (χ1v) is 13.4. The summed E-state index contributed by atoms with van der Waals surface area (Å²) in [6.07, 6.45) is 1.57. The van der Waals surface area contributed by atoms with Gasteiger partial charge in [-0.25, -0.2) is 0 Å². The molecule has 0 saturated heterocycles. The second kappa shape index (κ2) is 10.6. The Kier molecular flexibility index (Phi) is 7.07. The summed E-state index contributed by atoms with van der Waals surface area (Å²) in [5.74, 6) is 1.10. The monoisotopic (exact) mass is 510 g/mol. The Hall–Kier alpha value is -3.95. The molecule has 0 N–H and O–H groups in total. The first-order valence-electron chi connectivity index (χ1n) is 12.3. The lowest BCUT2D eigenvalue weighted by Gasteiger charge is -2.24. The normalized spacial score (nSPS) is 12.2. The molecule has 0 aromatic heterocycles. The summed E-state index contributed by atoms with van der Waals surface area (Å²) in [5, 5.41) is 0. The van der Waals surface area contributed by atoms with E-state index < -0.39 is 8.60 Å². The minimum absolute atomic E-state index is 0.183. The maximum atomic E-state index is 13.9. The Balaban J connectivity index is 1.56. The number of hydrogen-bond donors (Lipinski definition) is 0. The number of fused-ring (bicyclic) bond motifs is 2. The molecule has 0 radical (unpaired) electrons. The minimum atomic E-state index is -2.02. The number of rotatable bonds is 8. The van der Waals surface area contributed by atoms with Crippen LogP contribution in [0.3, 0.4) is 0 Å². The SMILES string of the molecule is CCCc1cccc2c1C(=O)c1c(OP(Oc3ccccc3C)Oc3ccccc3C)cccc1C2=O. The lowest BCUT2D eigenvalue weighted by molar-refractivity contribution is 0.0976. The molecule has 0 spiro atoms. The van der Waals surface area contributed by atoms with Crippen LogP contribution < -0.4 is 13.6 Å². The fourth-order valence-corrected chi connectivity index (χ4v) is 5.61. The first kappa shape index (κ1) is 24.7. The molecular formula is C31H27O5P. The molecule has 0 atom stereocenters. The van der Waals surface area contributed by atoms with Crippen molar-refractivity contribution in [3.8, 4) is 17.2 Å². The number of aryl methyl sites for hydroxylation is 3. The van der Waals surface area contributed by atoms with Crippen LogP contribution >= 0.6 is 8.60 Å². The largest absolute Gasteiger partial charge is 0.530 e. The molecule has 0 aliphatic heterocycles. The third-order valence-electron chi connectivity index (χ3n) is 6.35. The molecule has 0 unspecified atom stereocenters. The van der Waals surface area contributed by atoms with Crippen LogP contribution in [0.5, 0.6) is 17.2 Å². The average Bonchev–Trinajstić information content (AvgIpc) is 2.90. The highest BCUT2D eigenvalue weighted by molar-refractivity contribution is 7.43. The number of para-hydroxylation sites is 2. The number of ketones is 2. The van der Waals surface area contributed by atoms with Gasteiger partial charge in [0.1, 0.15) is 17.2 Å². The van der Waals surface area contributed by atoms with Crippen molar-refractivity contribution >= 4 is 20.2 Å². The van der Waals surface area contributed by atoms with Gasteiger partial charge >= 0.3 is 8.60 Å². The number of hydrogen-bond acceptors (Lipinski definition) is 5. The molecule has 0 bridgehead atoms. The Bertz CT molecular complexity index is 1450. The van der Waals surface area contributed by atoms with E-state index in [0.29, 0.717) is 34.6 Å². The summed E-state index contributed by atoms with van der Waals surface area (Å²) < 4.78 is 18.7. The van der Waals surface area contributed by atoms with Gasteiger partial charge < -0.3 is 13.6 Å². The topological polar surface area (TPSA) is 61.8 Å². The summed E-state index contributed by atoms with van der Waals surface area (Å²) >= 11 is 0. The molecule has 0 heterocycles. The number of benzene rings is 4. The summed E-state index contributed by atoms with van der Waals surface area (Å²) in [7, 11) is -2.02. The fraction of sp³-hybridized carbons (Fsp3) is 0.161. The second-order valence-electron chi connectivity index (χ2n) is 8.96. The fourth-order valence-electron chi connectivity index (χ4n) is 4.45. The van der Waals surface area contributed by atoms with E-state index >= 15 is 0 Å². The third-order valence-corrected chi connectivity index (χ3v) is 7.38. The van der Waals surface area contributed by atoms with Crippen molar-refractivity contribution in [2.45, 2.75) is 33.6 Å². The molecule has 5 nitrogen and oxygen atoms in total. The van der Waals surface area contributed by atoms with Gasteiger partial charge in [-0.2, -0.15) is 0 Å². The van der Waals surface area contributed by atoms with Gasteiger partial charge in [-0.15, -0.1) is 0 Å². The summed E-state index contributed by atoms with van der Waals surface area (Å²) in [4.78, 5) is 27.3. The van der Waals surface area contributed by atoms with Crippen LogP contribution in [0, 0.1) is 13.8 Å². The van der Waals surface area contributed by atoms with E-state index in [0.717, 1.165) is 23.1 Å². The number of carbonyl (C=O) groups is 2. The van der Waals surface area contributed by atoms with Crippen molar-refractivity contribution in [1.29, 1.82) is 0 Å². The van der Waals surface area contributed by atoms with E-state index in [1.54, 1.807) is 24.3 Å². The van der Waals surface area contributed by atoms with Gasteiger partial charge in [-0.3, -0.25) is 9.59 Å². The minimum Gasteiger partial charge on any atom is -0.408 e. The van der Waals surface area contributed by atoms with Crippen molar-refractivity contribution in [2.75, 3.05) is 0 Å². The highest BCUT2D eigenvalue weighted by atomic mass is 31.2. The average molecular weight is 511 g/mol. The molecule has 0 fully saturated rings. The predicted octanol–water partition coefficient (Wildman–Crippen LogP) is 7.80. The van der Waals surface area contributed by atoms with Gasteiger partial charge in [0, 0.05) is 16.7 Å². The van der Waals surface area contributed by atoms with E-state index in [9.17, 15) is 9.59 Å². The summed E-state index contributed by atoms with van der Waals surface area (Å²) in [5.41, 5.74) is 4.19. The molecule has 0 saturated carbocycles. The Morgan fingerprint density at radius 3 is 1.70 bits per heavy atom. The Labute approximate surface area is 218 Å². The smallest absolute Gasteiger partial charge is 0.408 e. The zero-order valence-corrected chi connectivity index (χ0v) is 21.9. The molecule has 6 heteroatoms. The van der Waals surface area contributed by atoms with Gasteiger partial charge in [0.05, 0.1) is 5.56 Å². The molecule has 5 rings (SSSR count). The quantitative estimate of drug-likeness (QED) is 0.199. The Morgan fingerprint density at radius 1 is 0.595 bits per heavy atom. The molecule has 0 amide bonds. The highest BCUT2D eigenvalue weighted by Crippen LogP contribution is 2.46. The lowest BCUT2D eigenvalue weighted by atomic mass is 9.80. The number of carbonyl (C=O) groups excluding carboxylic acids is 2. The van der Waals surface area contributed by atoms with Crippen molar-refractivity contribution in [2.24, 2.45) is 0 Å². The molecular weight excluding hydrogens is 483 g/mol. The van der Waals surface area contributed by atoms with Crippen LogP contribution in [0.4, 0.5) is 0 Å². The van der Waals surface area contributed by atoms with Gasteiger partial charge in [0.25, 0.3) is 0 Å². The van der Waals surface area contributed by atoms with Gasteiger partial charge in [0.2, 0.25) is 0 Å². The zero-order valence-electron chi connectivity index (χ0n) is 21.0. The van der Waals surface area contributed by atoms with Gasteiger partial charge in [0.15, 0.2) is 11.6 Å². The van der Waals surface area contributed by atoms with E-state index in [1.165, 1.54) is 0 Å². The Morgan fingerprint density at radius 2 is 1.11 bits per heavy atom. The van der Waals surface area contributed by atoms with Crippen LogP contribution in [-0.2, 0) is 6.42 Å². The molecule has 1 aliphatic rings. The lowest BCUT2D eigenvalue weighted by Crippen LogP contribution is -2.23. The van der Waals surface area contributed by atoms with E-state index in [1.807, 2.05) is 74.5 Å². The van der Waals surface area contributed by atoms with E-state index in [4.69, 9.17) is 13.6 Å². The second-order valence-corrected chi connectivity index (χ2v) is 9.95. The molecule has 37 heavy (non-hydrogen) atoms. The summed E-state index contributed by atoms with van der Waals surface area (Å²) in [6.45, 7) is 5.93. The van der Waals surface area contributed by atoms with Crippen LogP contribution in [0.2, 0.25) is 0 Å². The van der Waals surface area contributed by atoms with Crippen molar-refractivity contribution < 1.29 is 23.2 Å². The molecule has 186 valence electrons. The van der Waals surface area contributed by atoms with Crippen molar-refractivity contribution in [3.63, 3.8) is 0 Å². The third kappa shape index (κ3) is 4.87. The highest BCUT2D eigenvalue weighted by Gasteiger charge is 2.35. The maximum Gasteiger partial charge on any atom is 0.530 e. The predicted molar refractivity (Wildman–Crippen MR) is 145 cm³/mol. The van der Waals surface area contributed by atoms with Gasteiger partial charge in [-0.05, 0) is 55.2 Å². The standard InChI is InChI=1S/C31H27O5P/c1-4-11-22-14-9-15-23-28(22)31(33)29-24(30(23)32)16-10-19-27(29)36-37(34-25-17-7-5-12-20(25)2)35-26-18-8-6-13-21(26)3/h5-10,12-19H,4,11H2,1-3H3. The van der Waals surface area contributed by atoms with Crippen molar-refractivity contribution in [1.82, 2.24) is 0 Å². The van der Waals surface area contributed by atoms with Crippen LogP contribution in [0.25, 0.3) is 0 Å². The molecule has 4 aromatic carbocycles. The van der Waals surface area contributed by atoms with Crippen LogP contribution in [0.1, 0.15) is 61.9 Å². The molecule has 4 aromatic rings.